The van der Waals surface area contributed by atoms with Gasteiger partial charge in [0.25, 0.3) is 5.79 Å². The molecule has 0 radical (unpaired) electrons. The molecule has 7 nitrogen and oxygen atoms in total. The molecule has 2 N–H and O–H groups in total. The van der Waals surface area contributed by atoms with E-state index < -0.39 is 75.6 Å². The lowest BCUT2D eigenvalue weighted by Gasteiger charge is -2.62. The number of fused-ring (bicyclic) bond motifs is 5. The number of aliphatic hydroxyl groups is 1. The Morgan fingerprint density at radius 2 is 1.81 bits per heavy atom. The zero-order chi connectivity index (χ0) is 27.1. The van der Waals surface area contributed by atoms with Crippen LogP contribution in [0.5, 0.6) is 0 Å². The highest BCUT2D eigenvalue weighted by Crippen LogP contribution is 2.71. The van der Waals surface area contributed by atoms with Crippen molar-refractivity contribution in [3.8, 4) is 0 Å². The van der Waals surface area contributed by atoms with Crippen molar-refractivity contribution in [1.82, 2.24) is 0 Å². The molecule has 0 aromatic carbocycles. The maximum absolute atomic E-state index is 17.3. The topological polar surface area (TPSA) is 110 Å². The fourth-order valence-corrected chi connectivity index (χ4v) is 7.71. The summed E-state index contributed by atoms with van der Waals surface area (Å²) in [4.78, 5) is 36.8. The highest BCUT2D eigenvalue weighted by atomic mass is 19.1. The molecule has 200 valence electrons. The zero-order valence-corrected chi connectivity index (χ0v) is 21.6. The molecule has 36 heavy (non-hydrogen) atoms. The lowest BCUT2D eigenvalue weighted by molar-refractivity contribution is -0.300. The monoisotopic (exact) mass is 510 g/mol. The van der Waals surface area contributed by atoms with E-state index in [0.717, 1.165) is 6.08 Å². The summed E-state index contributed by atoms with van der Waals surface area (Å²) < 4.78 is 44.1. The number of alkyl halides is 2. The minimum absolute atomic E-state index is 0.00658. The summed E-state index contributed by atoms with van der Waals surface area (Å²) in [7, 11) is 0. The Bertz CT molecular complexity index is 1050. The van der Waals surface area contributed by atoms with E-state index in [2.05, 4.69) is 0 Å². The van der Waals surface area contributed by atoms with Crippen LogP contribution in [0.15, 0.2) is 23.8 Å². The number of hydrogen-bond acceptors (Lipinski definition) is 6. The normalized spacial score (nSPS) is 45.8. The molecule has 9 atom stereocenters. The van der Waals surface area contributed by atoms with Crippen LogP contribution in [0, 0.1) is 34.0 Å². The van der Waals surface area contributed by atoms with E-state index in [4.69, 9.17) is 9.47 Å². The van der Waals surface area contributed by atoms with Crippen LogP contribution in [-0.4, -0.2) is 51.9 Å². The van der Waals surface area contributed by atoms with E-state index in [1.54, 1.807) is 13.8 Å². The average molecular weight is 511 g/mol. The van der Waals surface area contributed by atoms with E-state index in [1.807, 2.05) is 20.8 Å². The Balaban J connectivity index is 1.82. The van der Waals surface area contributed by atoms with Gasteiger partial charge < -0.3 is 19.7 Å². The first kappa shape index (κ1) is 26.8. The van der Waals surface area contributed by atoms with Gasteiger partial charge in [0.1, 0.15) is 6.17 Å². The van der Waals surface area contributed by atoms with Crippen molar-refractivity contribution in [2.24, 2.45) is 34.0 Å². The summed E-state index contributed by atoms with van der Waals surface area (Å²) in [6.45, 7) is 10.3. The molecule has 0 aromatic heterocycles. The lowest BCUT2D eigenvalue weighted by Crippen LogP contribution is -2.70. The van der Waals surface area contributed by atoms with Gasteiger partial charge in [0.2, 0.25) is 0 Å². The van der Waals surface area contributed by atoms with Gasteiger partial charge >= 0.3 is 12.1 Å². The molecular weight excluding hydrogens is 474 g/mol. The van der Waals surface area contributed by atoms with Crippen LogP contribution < -0.4 is 0 Å². The summed E-state index contributed by atoms with van der Waals surface area (Å²) in [6, 6.07) is 0. The number of carbonyl (C=O) groups is 3. The summed E-state index contributed by atoms with van der Waals surface area (Å²) in [6.07, 6.45) is -1.64. The minimum atomic E-state index is -2.32. The van der Waals surface area contributed by atoms with Gasteiger partial charge in [-0.05, 0) is 55.2 Å². The predicted molar refractivity (Wildman–Crippen MR) is 125 cm³/mol. The fraction of sp³-hybridized carbons (Fsp3) is 0.741. The van der Waals surface area contributed by atoms with Gasteiger partial charge in [-0.3, -0.25) is 9.59 Å². The fourth-order valence-electron chi connectivity index (χ4n) is 7.71. The molecular formula is C27H36F2O7. The predicted octanol–water partition coefficient (Wildman–Crippen LogP) is 4.92. The van der Waals surface area contributed by atoms with E-state index in [0.29, 0.717) is 0 Å². The molecule has 3 fully saturated rings. The van der Waals surface area contributed by atoms with Gasteiger partial charge in [-0.25, -0.2) is 13.6 Å². The van der Waals surface area contributed by atoms with E-state index in [9.17, 15) is 24.6 Å². The molecule has 0 aliphatic heterocycles. The third-order valence-electron chi connectivity index (χ3n) is 9.25. The number of carbonyl (C=O) groups excluding carboxylic acids is 2. The number of allylic oxidation sites excluding steroid dienone is 4. The zero-order valence-electron chi connectivity index (χ0n) is 21.6. The number of ether oxygens (including phenoxy) is 2. The highest BCUT2D eigenvalue weighted by molar-refractivity contribution is 6.01. The van der Waals surface area contributed by atoms with E-state index in [1.165, 1.54) is 19.1 Å². The number of ketones is 1. The summed E-state index contributed by atoms with van der Waals surface area (Å²) >= 11 is 0. The Hall–Kier alpha value is -2.29. The van der Waals surface area contributed by atoms with Crippen molar-refractivity contribution in [2.75, 3.05) is 0 Å². The molecule has 4 aliphatic carbocycles. The van der Waals surface area contributed by atoms with Gasteiger partial charge in [-0.1, -0.05) is 40.7 Å². The maximum atomic E-state index is 17.3. The number of halogens is 2. The number of aliphatic hydroxyl groups excluding tert-OH is 1. The van der Waals surface area contributed by atoms with Gasteiger partial charge in [-0.15, -0.1) is 0 Å². The van der Waals surface area contributed by atoms with Crippen LogP contribution in [0.3, 0.4) is 0 Å². The van der Waals surface area contributed by atoms with Crippen molar-refractivity contribution >= 4 is 17.9 Å². The molecule has 0 saturated heterocycles. The maximum Gasteiger partial charge on any atom is 0.509 e. The van der Waals surface area contributed by atoms with Gasteiger partial charge in [-0.2, -0.15) is 0 Å². The van der Waals surface area contributed by atoms with Crippen LogP contribution >= 0.6 is 0 Å². The summed E-state index contributed by atoms with van der Waals surface area (Å²) in [5.74, 6) is -5.45. The van der Waals surface area contributed by atoms with Crippen LogP contribution in [0.2, 0.25) is 0 Å². The number of hydrogen-bond donors (Lipinski definition) is 2. The van der Waals surface area contributed by atoms with Crippen LogP contribution in [-0.2, 0) is 19.1 Å². The Morgan fingerprint density at radius 1 is 1.17 bits per heavy atom. The molecule has 4 rings (SSSR count). The molecule has 0 bridgehead atoms. The molecule has 9 heteroatoms. The Labute approximate surface area is 209 Å². The number of carboxylic acid groups (broad SMARTS) is 1. The number of esters is 1. The van der Waals surface area contributed by atoms with Crippen molar-refractivity contribution in [2.45, 2.75) is 91.0 Å². The smallest absolute Gasteiger partial charge is 0.450 e. The molecule has 3 saturated carbocycles. The average Bonchev–Trinajstić information content (AvgIpc) is 2.91. The minimum Gasteiger partial charge on any atom is -0.450 e. The van der Waals surface area contributed by atoms with Gasteiger partial charge in [0, 0.05) is 17.3 Å². The molecule has 0 unspecified atom stereocenters. The van der Waals surface area contributed by atoms with Crippen LogP contribution in [0.4, 0.5) is 13.6 Å². The molecule has 0 heterocycles. The third kappa shape index (κ3) is 3.56. The van der Waals surface area contributed by atoms with Crippen LogP contribution in [0.25, 0.3) is 0 Å². The van der Waals surface area contributed by atoms with Crippen molar-refractivity contribution in [3.05, 3.63) is 23.8 Å². The molecule has 4 aliphatic rings. The molecule has 0 spiro atoms. The van der Waals surface area contributed by atoms with E-state index >= 15 is 8.78 Å². The van der Waals surface area contributed by atoms with Gasteiger partial charge in [0.05, 0.1) is 17.9 Å². The Kier molecular flexibility index (Phi) is 6.02. The second-order valence-corrected chi connectivity index (χ2v) is 12.7. The first-order valence-electron chi connectivity index (χ1n) is 12.5. The lowest BCUT2D eigenvalue weighted by atomic mass is 9.45. The number of rotatable bonds is 3. The van der Waals surface area contributed by atoms with Crippen molar-refractivity contribution in [3.63, 3.8) is 0 Å². The second kappa shape index (κ2) is 8.10. The SMILES string of the molecule is C[C@@H]1C[C@H]2[C@@H]3C[C@H](F)C4=CC(=O)C=C[C@]4(C)[C@@]3(F)[C@@H](O)C[C@]2(C)[C@]1(OC(=O)O)OC(=O)CC(C)(C)C. The molecule has 0 aromatic rings. The van der Waals surface area contributed by atoms with E-state index in [-0.39, 0.29) is 31.3 Å². The molecule has 0 amide bonds. The first-order valence-corrected chi connectivity index (χ1v) is 12.5. The summed E-state index contributed by atoms with van der Waals surface area (Å²) in [5.41, 5.74) is -5.64. The standard InChI is InChI=1S/C27H36F2O7/c1-14-9-16-17-11-19(28)18-10-15(30)7-8-24(18,5)26(17,29)20(31)12-25(16,6)27(14,36-22(33)34)35-21(32)13-23(2,3)4/h7-8,10,14,16-17,19-20,31H,9,11-13H2,1-6H3,(H,33,34)/t14-,16+,17+,19+,20+,24+,25+,26+,27+/m1/s1. The largest absolute Gasteiger partial charge is 0.509 e. The third-order valence-corrected chi connectivity index (χ3v) is 9.25. The second-order valence-electron chi connectivity index (χ2n) is 12.7. The van der Waals surface area contributed by atoms with Gasteiger partial charge in [0.15, 0.2) is 11.5 Å². The highest BCUT2D eigenvalue weighted by Gasteiger charge is 2.78. The quantitative estimate of drug-likeness (QED) is 0.410. The summed E-state index contributed by atoms with van der Waals surface area (Å²) in [5, 5.41) is 21.1. The van der Waals surface area contributed by atoms with Crippen molar-refractivity contribution in [1.29, 1.82) is 0 Å². The first-order chi connectivity index (χ1) is 16.4. The van der Waals surface area contributed by atoms with Crippen LogP contribution in [0.1, 0.15) is 67.2 Å². The Morgan fingerprint density at radius 3 is 2.39 bits per heavy atom. The van der Waals surface area contributed by atoms with Crippen molar-refractivity contribution < 1.29 is 42.9 Å².